The molecule has 1 aliphatic rings. The number of hydrogen-bond donors (Lipinski definition) is 1. The lowest BCUT2D eigenvalue weighted by molar-refractivity contribution is -0.118. The minimum atomic E-state index is -0.0519. The van der Waals surface area contributed by atoms with Crippen molar-refractivity contribution in [2.24, 2.45) is 0 Å². The number of carbonyl (C=O) groups is 1. The molecule has 1 aromatic carbocycles. The molecule has 3 nitrogen and oxygen atoms in total. The first kappa shape index (κ1) is 10.5. The number of halogens is 1. The van der Waals surface area contributed by atoms with E-state index in [-0.39, 0.29) is 11.9 Å². The average molecular weight is 225 g/mol. The Morgan fingerprint density at radius 1 is 1.53 bits per heavy atom. The van der Waals surface area contributed by atoms with Gasteiger partial charge in [-0.15, -0.1) is 0 Å². The van der Waals surface area contributed by atoms with Gasteiger partial charge in [-0.3, -0.25) is 4.79 Å². The van der Waals surface area contributed by atoms with Gasteiger partial charge < -0.3 is 10.2 Å². The van der Waals surface area contributed by atoms with Gasteiger partial charge in [0.15, 0.2) is 0 Å². The Labute approximate surface area is 94.0 Å². The van der Waals surface area contributed by atoms with Crippen molar-refractivity contribution in [2.75, 3.05) is 18.5 Å². The van der Waals surface area contributed by atoms with Crippen LogP contribution in [-0.2, 0) is 4.79 Å². The number of amides is 1. The minimum Gasteiger partial charge on any atom is -0.311 e. The van der Waals surface area contributed by atoms with Crippen LogP contribution in [0.1, 0.15) is 6.42 Å². The van der Waals surface area contributed by atoms with Crippen LogP contribution in [0.2, 0.25) is 5.02 Å². The van der Waals surface area contributed by atoms with Crippen LogP contribution in [0.25, 0.3) is 0 Å². The van der Waals surface area contributed by atoms with Gasteiger partial charge in [-0.2, -0.15) is 0 Å². The molecule has 0 saturated carbocycles. The first-order valence-corrected chi connectivity index (χ1v) is 5.34. The summed E-state index contributed by atoms with van der Waals surface area (Å²) in [4.78, 5) is 13.6. The quantitative estimate of drug-likeness (QED) is 0.829. The summed E-state index contributed by atoms with van der Waals surface area (Å²) in [6.45, 7) is 0.755. The molecular formula is C11H13ClN2O. The Morgan fingerprint density at radius 2 is 2.33 bits per heavy atom. The lowest BCUT2D eigenvalue weighted by Gasteiger charge is -2.16. The van der Waals surface area contributed by atoms with E-state index in [0.717, 1.165) is 18.7 Å². The van der Waals surface area contributed by atoms with Gasteiger partial charge in [0.25, 0.3) is 0 Å². The Kier molecular flexibility index (Phi) is 2.93. The molecule has 2 rings (SSSR count). The molecular weight excluding hydrogens is 212 g/mol. The van der Waals surface area contributed by atoms with E-state index in [0.29, 0.717) is 5.02 Å². The van der Waals surface area contributed by atoms with Crippen LogP contribution in [0, 0.1) is 0 Å². The zero-order chi connectivity index (χ0) is 10.8. The molecule has 4 heteroatoms. The number of carbonyl (C=O) groups excluding carboxylic acids is 1. The molecule has 80 valence electrons. The Hall–Kier alpha value is -1.06. The Bertz CT molecular complexity index is 381. The van der Waals surface area contributed by atoms with Gasteiger partial charge in [-0.25, -0.2) is 0 Å². The highest BCUT2D eigenvalue weighted by Gasteiger charge is 2.31. The van der Waals surface area contributed by atoms with Crippen LogP contribution in [0.3, 0.4) is 0 Å². The maximum Gasteiger partial charge on any atom is 0.244 e. The second kappa shape index (κ2) is 4.21. The van der Waals surface area contributed by atoms with Crippen molar-refractivity contribution in [3.63, 3.8) is 0 Å². The number of anilines is 1. The number of rotatable bonds is 2. The van der Waals surface area contributed by atoms with Gasteiger partial charge in [0.05, 0.1) is 6.04 Å². The van der Waals surface area contributed by atoms with Crippen molar-refractivity contribution in [3.05, 3.63) is 29.3 Å². The standard InChI is InChI=1S/C11H13ClN2O/c1-13-10-5-6-14(11(10)15)9-4-2-3-8(12)7-9/h2-4,7,10,13H,5-6H2,1H3/t10-/m1/s1. The van der Waals surface area contributed by atoms with E-state index in [1.165, 1.54) is 0 Å². The molecule has 0 spiro atoms. The van der Waals surface area contributed by atoms with Crippen molar-refractivity contribution in [1.29, 1.82) is 0 Å². The van der Waals surface area contributed by atoms with Crippen LogP contribution < -0.4 is 10.2 Å². The third-order valence-corrected chi connectivity index (χ3v) is 2.91. The van der Waals surface area contributed by atoms with E-state index >= 15 is 0 Å². The van der Waals surface area contributed by atoms with Crippen molar-refractivity contribution in [2.45, 2.75) is 12.5 Å². The van der Waals surface area contributed by atoms with E-state index in [2.05, 4.69) is 5.32 Å². The molecule has 1 saturated heterocycles. The molecule has 1 fully saturated rings. The SMILES string of the molecule is CN[C@@H]1CCN(c2cccc(Cl)c2)C1=O. The third-order valence-electron chi connectivity index (χ3n) is 2.67. The van der Waals surface area contributed by atoms with E-state index < -0.39 is 0 Å². The molecule has 0 unspecified atom stereocenters. The van der Waals surface area contributed by atoms with Gasteiger partial charge in [0, 0.05) is 17.3 Å². The molecule has 1 heterocycles. The summed E-state index contributed by atoms with van der Waals surface area (Å²) in [5, 5.41) is 3.66. The van der Waals surface area contributed by atoms with Gasteiger partial charge in [0.1, 0.15) is 0 Å². The highest BCUT2D eigenvalue weighted by molar-refractivity contribution is 6.30. The summed E-state index contributed by atoms with van der Waals surface area (Å²) >= 11 is 5.89. The first-order chi connectivity index (χ1) is 7.22. The van der Waals surface area contributed by atoms with Crippen LogP contribution in [0.15, 0.2) is 24.3 Å². The van der Waals surface area contributed by atoms with Crippen LogP contribution in [0.4, 0.5) is 5.69 Å². The van der Waals surface area contributed by atoms with E-state index in [1.807, 2.05) is 25.2 Å². The third kappa shape index (κ3) is 1.98. The topological polar surface area (TPSA) is 32.3 Å². The zero-order valence-corrected chi connectivity index (χ0v) is 9.29. The summed E-state index contributed by atoms with van der Waals surface area (Å²) in [7, 11) is 1.81. The lowest BCUT2D eigenvalue weighted by Crippen LogP contribution is -2.36. The number of nitrogens with one attached hydrogen (secondary N) is 1. The molecule has 1 aromatic rings. The highest BCUT2D eigenvalue weighted by atomic mass is 35.5. The highest BCUT2D eigenvalue weighted by Crippen LogP contribution is 2.24. The number of hydrogen-bond acceptors (Lipinski definition) is 2. The molecule has 1 aliphatic heterocycles. The molecule has 15 heavy (non-hydrogen) atoms. The Morgan fingerprint density at radius 3 is 2.93 bits per heavy atom. The number of likely N-dealkylation sites (N-methyl/N-ethyl adjacent to an activating group) is 1. The molecule has 0 aliphatic carbocycles. The second-order valence-electron chi connectivity index (χ2n) is 3.60. The van der Waals surface area contributed by atoms with Crippen molar-refractivity contribution < 1.29 is 4.79 Å². The summed E-state index contributed by atoms with van der Waals surface area (Å²) in [6, 6.07) is 7.34. The summed E-state index contributed by atoms with van der Waals surface area (Å²) in [6.07, 6.45) is 0.849. The summed E-state index contributed by atoms with van der Waals surface area (Å²) in [5.41, 5.74) is 0.880. The number of nitrogens with zero attached hydrogens (tertiary/aromatic N) is 1. The molecule has 0 aromatic heterocycles. The van der Waals surface area contributed by atoms with Gasteiger partial charge in [-0.05, 0) is 31.7 Å². The predicted molar refractivity (Wildman–Crippen MR) is 61.3 cm³/mol. The largest absolute Gasteiger partial charge is 0.311 e. The fourth-order valence-electron chi connectivity index (χ4n) is 1.85. The normalized spacial score (nSPS) is 21.1. The fourth-order valence-corrected chi connectivity index (χ4v) is 2.03. The molecule has 1 atom stereocenters. The maximum absolute atomic E-state index is 11.9. The number of benzene rings is 1. The lowest BCUT2D eigenvalue weighted by atomic mass is 10.2. The smallest absolute Gasteiger partial charge is 0.244 e. The zero-order valence-electron chi connectivity index (χ0n) is 8.53. The van der Waals surface area contributed by atoms with Crippen molar-refractivity contribution in [1.82, 2.24) is 5.32 Å². The second-order valence-corrected chi connectivity index (χ2v) is 4.04. The van der Waals surface area contributed by atoms with Gasteiger partial charge in [-0.1, -0.05) is 17.7 Å². The monoisotopic (exact) mass is 224 g/mol. The maximum atomic E-state index is 11.9. The molecule has 1 N–H and O–H groups in total. The molecule has 1 amide bonds. The Balaban J connectivity index is 2.22. The molecule has 0 radical (unpaired) electrons. The first-order valence-electron chi connectivity index (χ1n) is 4.96. The minimum absolute atomic E-state index is 0.0519. The summed E-state index contributed by atoms with van der Waals surface area (Å²) < 4.78 is 0. The van der Waals surface area contributed by atoms with Gasteiger partial charge >= 0.3 is 0 Å². The van der Waals surface area contributed by atoms with E-state index in [1.54, 1.807) is 11.0 Å². The van der Waals surface area contributed by atoms with Crippen LogP contribution in [-0.4, -0.2) is 25.5 Å². The van der Waals surface area contributed by atoms with Crippen molar-refractivity contribution in [3.8, 4) is 0 Å². The predicted octanol–water partition coefficient (Wildman–Crippen LogP) is 1.66. The van der Waals surface area contributed by atoms with Crippen LogP contribution in [0.5, 0.6) is 0 Å². The molecule has 0 bridgehead atoms. The van der Waals surface area contributed by atoms with E-state index in [9.17, 15) is 4.79 Å². The van der Waals surface area contributed by atoms with E-state index in [4.69, 9.17) is 11.6 Å². The van der Waals surface area contributed by atoms with Gasteiger partial charge in [0.2, 0.25) is 5.91 Å². The fraction of sp³-hybridized carbons (Fsp3) is 0.364. The summed E-state index contributed by atoms with van der Waals surface area (Å²) in [5.74, 6) is 0.125. The van der Waals surface area contributed by atoms with Crippen molar-refractivity contribution >= 4 is 23.2 Å². The average Bonchev–Trinajstić information content (AvgIpc) is 2.59. The van der Waals surface area contributed by atoms with Crippen LogP contribution >= 0.6 is 11.6 Å².